The Morgan fingerprint density at radius 3 is 2.69 bits per heavy atom. The van der Waals surface area contributed by atoms with Crippen molar-refractivity contribution < 1.29 is 9.84 Å². The van der Waals surface area contributed by atoms with Gasteiger partial charge < -0.3 is 14.7 Å². The minimum Gasteiger partial charge on any atom is -0.394 e. The number of aliphatic hydroxyl groups excluding tert-OH is 1. The van der Waals surface area contributed by atoms with Crippen LogP contribution >= 0.6 is 11.5 Å². The number of hydrogen-bond acceptors (Lipinski definition) is 6. The van der Waals surface area contributed by atoms with Crippen molar-refractivity contribution in [2.75, 3.05) is 31.3 Å². The zero-order valence-corrected chi connectivity index (χ0v) is 10.8. The predicted octanol–water partition coefficient (Wildman–Crippen LogP) is 1.07. The largest absolute Gasteiger partial charge is 0.394 e. The van der Waals surface area contributed by atoms with Crippen LogP contribution in [0, 0.1) is 6.92 Å². The Hall–Kier alpha value is -0.720. The van der Waals surface area contributed by atoms with Gasteiger partial charge in [-0.05, 0) is 20.8 Å². The lowest BCUT2D eigenvalue weighted by molar-refractivity contribution is 0.0961. The zero-order valence-electron chi connectivity index (χ0n) is 10.0. The molecule has 1 N–H and O–H groups in total. The molecule has 0 saturated heterocycles. The predicted molar refractivity (Wildman–Crippen MR) is 65.0 cm³/mol. The Bertz CT molecular complexity index is 304. The summed E-state index contributed by atoms with van der Waals surface area (Å²) in [6.07, 6.45) is 0. The third kappa shape index (κ3) is 4.03. The first kappa shape index (κ1) is 13.3. The van der Waals surface area contributed by atoms with Crippen LogP contribution in [-0.4, -0.2) is 46.9 Å². The van der Waals surface area contributed by atoms with Crippen molar-refractivity contribution >= 4 is 16.7 Å². The molecule has 5 nitrogen and oxygen atoms in total. The highest BCUT2D eigenvalue weighted by Gasteiger charge is 2.14. The van der Waals surface area contributed by atoms with Gasteiger partial charge in [0.15, 0.2) is 0 Å². The number of anilines is 1. The van der Waals surface area contributed by atoms with Crippen LogP contribution in [0.25, 0.3) is 0 Å². The minimum absolute atomic E-state index is 0.0690. The van der Waals surface area contributed by atoms with E-state index in [1.807, 2.05) is 6.92 Å². The van der Waals surface area contributed by atoms with Crippen LogP contribution in [-0.2, 0) is 4.74 Å². The van der Waals surface area contributed by atoms with Crippen molar-refractivity contribution in [1.29, 1.82) is 0 Å². The molecule has 0 aliphatic rings. The van der Waals surface area contributed by atoms with E-state index in [0.717, 1.165) is 17.5 Å². The maximum Gasteiger partial charge on any atom is 0.205 e. The molecular weight excluding hydrogens is 226 g/mol. The number of aryl methyl sites for hydroxylation is 1. The Kier molecular flexibility index (Phi) is 5.65. The number of hydrogen-bond donors (Lipinski definition) is 1. The second kappa shape index (κ2) is 6.78. The van der Waals surface area contributed by atoms with E-state index in [1.54, 1.807) is 0 Å². The third-order valence-electron chi connectivity index (χ3n) is 2.10. The maximum absolute atomic E-state index is 8.60. The molecule has 0 aliphatic carbocycles. The molecule has 6 heteroatoms. The van der Waals surface area contributed by atoms with Crippen LogP contribution in [0.5, 0.6) is 0 Å². The summed E-state index contributed by atoms with van der Waals surface area (Å²) in [4.78, 5) is 6.51. The van der Waals surface area contributed by atoms with Crippen molar-refractivity contribution in [2.24, 2.45) is 0 Å². The Balaban J connectivity index is 2.48. The van der Waals surface area contributed by atoms with Gasteiger partial charge in [-0.15, -0.1) is 0 Å². The van der Waals surface area contributed by atoms with Crippen LogP contribution in [0.3, 0.4) is 0 Å². The zero-order chi connectivity index (χ0) is 12.0. The van der Waals surface area contributed by atoms with Gasteiger partial charge in [-0.1, -0.05) is 0 Å². The highest BCUT2D eigenvalue weighted by atomic mass is 32.1. The molecular formula is C10H19N3O2S. The lowest BCUT2D eigenvalue weighted by Gasteiger charge is -2.25. The van der Waals surface area contributed by atoms with E-state index in [0.29, 0.717) is 19.3 Å². The Morgan fingerprint density at radius 2 is 2.19 bits per heavy atom. The van der Waals surface area contributed by atoms with Crippen molar-refractivity contribution in [3.8, 4) is 0 Å². The summed E-state index contributed by atoms with van der Waals surface area (Å²) in [5.41, 5.74) is 0. The van der Waals surface area contributed by atoms with Crippen molar-refractivity contribution in [3.63, 3.8) is 0 Å². The molecule has 0 saturated carbocycles. The van der Waals surface area contributed by atoms with Crippen molar-refractivity contribution in [2.45, 2.75) is 26.8 Å². The summed E-state index contributed by atoms with van der Waals surface area (Å²) >= 11 is 1.41. The normalized spacial score (nSPS) is 11.1. The monoisotopic (exact) mass is 245 g/mol. The van der Waals surface area contributed by atoms with Gasteiger partial charge in [-0.3, -0.25) is 0 Å². The van der Waals surface area contributed by atoms with E-state index in [9.17, 15) is 0 Å². The highest BCUT2D eigenvalue weighted by molar-refractivity contribution is 7.09. The fourth-order valence-corrected chi connectivity index (χ4v) is 2.14. The van der Waals surface area contributed by atoms with Crippen LogP contribution in [0.1, 0.15) is 19.7 Å². The van der Waals surface area contributed by atoms with Gasteiger partial charge in [-0.2, -0.15) is 4.37 Å². The number of ether oxygens (including phenoxy) is 1. The van der Waals surface area contributed by atoms with Gasteiger partial charge in [-0.25, -0.2) is 4.98 Å². The lowest BCUT2D eigenvalue weighted by Crippen LogP contribution is -2.34. The Morgan fingerprint density at radius 1 is 1.44 bits per heavy atom. The fraction of sp³-hybridized carbons (Fsp3) is 0.800. The van der Waals surface area contributed by atoms with Crippen LogP contribution in [0.4, 0.5) is 5.13 Å². The van der Waals surface area contributed by atoms with Gasteiger partial charge in [0.2, 0.25) is 5.13 Å². The summed E-state index contributed by atoms with van der Waals surface area (Å²) in [5.74, 6) is 0.807. The smallest absolute Gasteiger partial charge is 0.205 e. The second-order valence-electron chi connectivity index (χ2n) is 3.75. The number of nitrogens with zero attached hydrogens (tertiary/aromatic N) is 3. The number of aliphatic hydroxyl groups is 1. The van der Waals surface area contributed by atoms with E-state index in [1.165, 1.54) is 11.5 Å². The van der Waals surface area contributed by atoms with E-state index in [4.69, 9.17) is 9.84 Å². The summed E-state index contributed by atoms with van der Waals surface area (Å²) in [6.45, 7) is 7.94. The summed E-state index contributed by atoms with van der Waals surface area (Å²) in [6, 6.07) is 0.366. The quantitative estimate of drug-likeness (QED) is 0.728. The Labute approximate surface area is 100 Å². The molecule has 92 valence electrons. The average Bonchev–Trinajstić information content (AvgIpc) is 2.64. The average molecular weight is 245 g/mol. The molecule has 0 amide bonds. The van der Waals surface area contributed by atoms with Crippen molar-refractivity contribution in [3.05, 3.63) is 5.82 Å². The molecule has 0 unspecified atom stereocenters. The van der Waals surface area contributed by atoms with Gasteiger partial charge in [0.05, 0.1) is 19.8 Å². The topological polar surface area (TPSA) is 58.5 Å². The number of aromatic nitrogens is 2. The molecule has 1 heterocycles. The standard InChI is InChI=1S/C10H19N3O2S/c1-8(2)13(4-6-15-7-5-14)10-11-9(3)12-16-10/h8,14H,4-7H2,1-3H3. The van der Waals surface area contributed by atoms with E-state index < -0.39 is 0 Å². The highest BCUT2D eigenvalue weighted by Crippen LogP contribution is 2.18. The minimum atomic E-state index is 0.0690. The van der Waals surface area contributed by atoms with Gasteiger partial charge in [0.1, 0.15) is 5.82 Å². The van der Waals surface area contributed by atoms with Gasteiger partial charge in [0.25, 0.3) is 0 Å². The lowest BCUT2D eigenvalue weighted by atomic mass is 10.3. The summed E-state index contributed by atoms with van der Waals surface area (Å²) in [7, 11) is 0. The first-order chi connectivity index (χ1) is 7.65. The molecule has 1 aromatic rings. The molecule has 1 rings (SSSR count). The molecule has 16 heavy (non-hydrogen) atoms. The molecule has 0 aliphatic heterocycles. The first-order valence-corrected chi connectivity index (χ1v) is 6.18. The second-order valence-corrected chi connectivity index (χ2v) is 4.48. The molecule has 0 spiro atoms. The fourth-order valence-electron chi connectivity index (χ4n) is 1.31. The van der Waals surface area contributed by atoms with Crippen LogP contribution < -0.4 is 4.90 Å². The SMILES string of the molecule is Cc1nsc(N(CCOCCO)C(C)C)n1. The maximum atomic E-state index is 8.60. The molecule has 0 bridgehead atoms. The molecule has 0 aromatic carbocycles. The molecule has 0 fully saturated rings. The van der Waals surface area contributed by atoms with Crippen LogP contribution in [0.15, 0.2) is 0 Å². The van der Waals surface area contributed by atoms with Crippen LogP contribution in [0.2, 0.25) is 0 Å². The number of rotatable bonds is 7. The van der Waals surface area contributed by atoms with Gasteiger partial charge >= 0.3 is 0 Å². The van der Waals surface area contributed by atoms with Gasteiger partial charge in [0, 0.05) is 24.1 Å². The van der Waals surface area contributed by atoms with E-state index >= 15 is 0 Å². The van der Waals surface area contributed by atoms with E-state index in [-0.39, 0.29) is 6.61 Å². The molecule has 0 radical (unpaired) electrons. The third-order valence-corrected chi connectivity index (χ3v) is 2.94. The summed E-state index contributed by atoms with van der Waals surface area (Å²) in [5, 5.41) is 9.53. The van der Waals surface area contributed by atoms with E-state index in [2.05, 4.69) is 28.1 Å². The first-order valence-electron chi connectivity index (χ1n) is 5.40. The molecule has 1 aromatic heterocycles. The van der Waals surface area contributed by atoms with Crippen molar-refractivity contribution in [1.82, 2.24) is 9.36 Å². The summed E-state index contributed by atoms with van der Waals surface area (Å²) < 4.78 is 9.43. The molecule has 0 atom stereocenters.